The number of fused-ring (bicyclic) bond motifs is 1. The van der Waals surface area contributed by atoms with Gasteiger partial charge in [-0.05, 0) is 23.8 Å². The van der Waals surface area contributed by atoms with Gasteiger partial charge in [0, 0.05) is 18.9 Å². The topological polar surface area (TPSA) is 58.7 Å². The summed E-state index contributed by atoms with van der Waals surface area (Å²) in [6, 6.07) is 8.32. The zero-order valence-corrected chi connectivity index (χ0v) is 12.2. The number of nitriles is 1. The average Bonchev–Trinajstić information content (AvgIpc) is 2.92. The van der Waals surface area contributed by atoms with Crippen molar-refractivity contribution in [3.05, 3.63) is 65.0 Å². The van der Waals surface area contributed by atoms with Gasteiger partial charge in [0.05, 0.1) is 27.7 Å². The predicted molar refractivity (Wildman–Crippen MR) is 80.4 cm³/mol. The van der Waals surface area contributed by atoms with Gasteiger partial charge in [-0.25, -0.2) is 0 Å². The second-order valence-electron chi connectivity index (χ2n) is 5.19. The quantitative estimate of drug-likeness (QED) is 0.687. The lowest BCUT2D eigenvalue weighted by Crippen LogP contribution is -2.05. The zero-order chi connectivity index (χ0) is 17.3. The van der Waals surface area contributed by atoms with Crippen LogP contribution in [0.4, 0.5) is 13.2 Å². The molecule has 7 heteroatoms. The molecule has 0 aliphatic rings. The third-order valence-electron chi connectivity index (χ3n) is 3.66. The first-order valence-electron chi connectivity index (χ1n) is 6.93. The predicted octanol–water partition coefficient (Wildman–Crippen LogP) is 3.79. The molecule has 0 bridgehead atoms. The Morgan fingerprint density at radius 3 is 2.50 bits per heavy atom. The largest absolute Gasteiger partial charge is 0.416 e. The van der Waals surface area contributed by atoms with E-state index in [1.54, 1.807) is 10.8 Å². The van der Waals surface area contributed by atoms with E-state index in [1.165, 1.54) is 24.4 Å². The smallest absolute Gasteiger partial charge is 0.340 e. The van der Waals surface area contributed by atoms with E-state index in [0.29, 0.717) is 34.0 Å². The van der Waals surface area contributed by atoms with Crippen molar-refractivity contribution in [3.63, 3.8) is 0 Å². The number of aromatic nitrogens is 2. The molecule has 120 valence electrons. The first-order chi connectivity index (χ1) is 11.4. The molecular formula is C17H10F3N3O. The lowest BCUT2D eigenvalue weighted by Gasteiger charge is -2.09. The molecule has 0 amide bonds. The molecule has 0 spiro atoms. The Kier molecular flexibility index (Phi) is 3.81. The molecule has 2 aromatic heterocycles. The average molecular weight is 329 g/mol. The molecule has 0 saturated heterocycles. The molecule has 0 saturated carbocycles. The van der Waals surface area contributed by atoms with Crippen LogP contribution in [0.3, 0.4) is 0 Å². The molecule has 3 rings (SSSR count). The summed E-state index contributed by atoms with van der Waals surface area (Å²) >= 11 is 0. The highest BCUT2D eigenvalue weighted by molar-refractivity contribution is 5.97. The minimum absolute atomic E-state index is 0.225. The van der Waals surface area contributed by atoms with E-state index in [0.717, 1.165) is 12.1 Å². The summed E-state index contributed by atoms with van der Waals surface area (Å²) in [4.78, 5) is 15.3. The summed E-state index contributed by atoms with van der Waals surface area (Å²) in [5, 5.41) is 9.23. The second-order valence-corrected chi connectivity index (χ2v) is 5.19. The molecule has 0 atom stereocenters. The lowest BCUT2D eigenvalue weighted by atomic mass is 10.1. The van der Waals surface area contributed by atoms with Crippen molar-refractivity contribution in [1.82, 2.24) is 9.55 Å². The Balaban J connectivity index is 2.04. The number of carbonyl (C=O) groups is 1. The van der Waals surface area contributed by atoms with E-state index < -0.39 is 11.7 Å². The first kappa shape index (κ1) is 15.7. The number of pyridine rings is 1. The fraction of sp³-hybridized carbons (Fsp3) is 0.118. The summed E-state index contributed by atoms with van der Waals surface area (Å²) in [5.74, 6) is 0. The third kappa shape index (κ3) is 2.74. The highest BCUT2D eigenvalue weighted by Gasteiger charge is 2.29. The van der Waals surface area contributed by atoms with Gasteiger partial charge in [-0.1, -0.05) is 12.1 Å². The van der Waals surface area contributed by atoms with Gasteiger partial charge in [-0.2, -0.15) is 18.4 Å². The summed E-state index contributed by atoms with van der Waals surface area (Å²) < 4.78 is 39.5. The van der Waals surface area contributed by atoms with Gasteiger partial charge in [-0.3, -0.25) is 9.78 Å². The van der Waals surface area contributed by atoms with E-state index in [1.807, 2.05) is 6.07 Å². The van der Waals surface area contributed by atoms with Crippen molar-refractivity contribution in [1.29, 1.82) is 5.26 Å². The van der Waals surface area contributed by atoms with Crippen molar-refractivity contribution in [2.24, 2.45) is 0 Å². The molecule has 0 aliphatic heterocycles. The van der Waals surface area contributed by atoms with Gasteiger partial charge in [0.2, 0.25) is 0 Å². The van der Waals surface area contributed by atoms with Gasteiger partial charge in [0.25, 0.3) is 0 Å². The fourth-order valence-electron chi connectivity index (χ4n) is 2.55. The minimum atomic E-state index is -4.39. The zero-order valence-electron chi connectivity index (χ0n) is 12.2. The summed E-state index contributed by atoms with van der Waals surface area (Å²) in [7, 11) is 0. The maximum atomic E-state index is 12.6. The molecule has 24 heavy (non-hydrogen) atoms. The van der Waals surface area contributed by atoms with Crippen molar-refractivity contribution in [3.8, 4) is 6.07 Å². The molecule has 0 N–H and O–H groups in total. The SMILES string of the molecule is N#Cc1ccnc2c(C=O)cn(Cc3ccc(C(F)(F)F)cc3)c12. The van der Waals surface area contributed by atoms with Crippen LogP contribution in [0.2, 0.25) is 0 Å². The highest BCUT2D eigenvalue weighted by atomic mass is 19.4. The van der Waals surface area contributed by atoms with Gasteiger partial charge >= 0.3 is 6.18 Å². The van der Waals surface area contributed by atoms with Crippen LogP contribution in [-0.2, 0) is 12.7 Å². The van der Waals surface area contributed by atoms with Crippen LogP contribution in [0.5, 0.6) is 0 Å². The number of hydrogen-bond donors (Lipinski definition) is 0. The van der Waals surface area contributed by atoms with Crippen LogP contribution < -0.4 is 0 Å². The maximum absolute atomic E-state index is 12.6. The minimum Gasteiger partial charge on any atom is -0.340 e. The number of halogens is 3. The summed E-state index contributed by atoms with van der Waals surface area (Å²) in [6.07, 6.45) is -0.763. The number of benzene rings is 1. The monoisotopic (exact) mass is 329 g/mol. The molecule has 0 fully saturated rings. The molecule has 4 nitrogen and oxygen atoms in total. The van der Waals surface area contributed by atoms with Crippen molar-refractivity contribution < 1.29 is 18.0 Å². The second kappa shape index (κ2) is 5.81. The van der Waals surface area contributed by atoms with Gasteiger partial charge < -0.3 is 4.57 Å². The Hall–Kier alpha value is -3.14. The van der Waals surface area contributed by atoms with Crippen LogP contribution in [-0.4, -0.2) is 15.8 Å². The number of rotatable bonds is 3. The van der Waals surface area contributed by atoms with E-state index in [2.05, 4.69) is 4.98 Å². The van der Waals surface area contributed by atoms with Crippen LogP contribution in [0.25, 0.3) is 11.0 Å². The van der Waals surface area contributed by atoms with E-state index in [9.17, 15) is 23.2 Å². The van der Waals surface area contributed by atoms with Gasteiger partial charge in [0.15, 0.2) is 6.29 Å². The van der Waals surface area contributed by atoms with Crippen LogP contribution in [0.15, 0.2) is 42.7 Å². The molecule has 3 aromatic rings. The molecular weight excluding hydrogens is 319 g/mol. The van der Waals surface area contributed by atoms with Gasteiger partial charge in [0.1, 0.15) is 6.07 Å². The number of nitrogens with zero attached hydrogens (tertiary/aromatic N) is 3. The first-order valence-corrected chi connectivity index (χ1v) is 6.93. The number of hydrogen-bond acceptors (Lipinski definition) is 3. The Morgan fingerprint density at radius 2 is 1.92 bits per heavy atom. The van der Waals surface area contributed by atoms with Crippen LogP contribution in [0, 0.1) is 11.3 Å². The van der Waals surface area contributed by atoms with Crippen molar-refractivity contribution in [2.45, 2.75) is 12.7 Å². The molecule has 2 heterocycles. The standard InChI is InChI=1S/C17H10F3N3O/c18-17(19,20)14-3-1-11(2-4-14)8-23-9-13(10-24)15-16(23)12(7-21)5-6-22-15/h1-6,9-10H,8H2. The summed E-state index contributed by atoms with van der Waals surface area (Å²) in [5.41, 5.74) is 1.45. The van der Waals surface area contributed by atoms with E-state index in [-0.39, 0.29) is 6.54 Å². The van der Waals surface area contributed by atoms with Crippen LogP contribution >= 0.6 is 0 Å². The Morgan fingerprint density at radius 1 is 1.21 bits per heavy atom. The molecule has 0 unspecified atom stereocenters. The number of carbonyl (C=O) groups excluding carboxylic acids is 1. The molecule has 1 aromatic carbocycles. The summed E-state index contributed by atoms with van der Waals surface area (Å²) in [6.45, 7) is 0.225. The highest BCUT2D eigenvalue weighted by Crippen LogP contribution is 2.29. The Labute approximate surface area is 134 Å². The van der Waals surface area contributed by atoms with Crippen molar-refractivity contribution in [2.75, 3.05) is 0 Å². The number of alkyl halides is 3. The fourth-order valence-corrected chi connectivity index (χ4v) is 2.55. The lowest BCUT2D eigenvalue weighted by molar-refractivity contribution is -0.137. The molecule has 0 radical (unpaired) electrons. The van der Waals surface area contributed by atoms with E-state index in [4.69, 9.17) is 0 Å². The third-order valence-corrected chi connectivity index (χ3v) is 3.66. The molecule has 0 aliphatic carbocycles. The maximum Gasteiger partial charge on any atom is 0.416 e. The van der Waals surface area contributed by atoms with Crippen LogP contribution in [0.1, 0.15) is 27.0 Å². The Bertz CT molecular complexity index is 950. The van der Waals surface area contributed by atoms with Crippen molar-refractivity contribution >= 4 is 17.3 Å². The van der Waals surface area contributed by atoms with E-state index >= 15 is 0 Å². The van der Waals surface area contributed by atoms with Gasteiger partial charge in [-0.15, -0.1) is 0 Å². The normalized spacial score (nSPS) is 11.4. The number of aldehydes is 1.